The fourth-order valence-electron chi connectivity index (χ4n) is 0.713. The average molecular weight is 268 g/mol. The van der Waals surface area contributed by atoms with Gasteiger partial charge in [0, 0.05) is 24.3 Å². The zero-order valence-corrected chi connectivity index (χ0v) is 10.9. The van der Waals surface area contributed by atoms with E-state index in [1.54, 1.807) is 31.4 Å². The highest BCUT2D eigenvalue weighted by Crippen LogP contribution is 2.35. The van der Waals surface area contributed by atoms with Crippen molar-refractivity contribution >= 4 is 43.2 Å². The molecule has 15 heavy (non-hydrogen) atoms. The quantitative estimate of drug-likeness (QED) is 0.464. The van der Waals surface area contributed by atoms with Crippen LogP contribution in [0.2, 0.25) is 0 Å². The Morgan fingerprint density at radius 3 is 1.60 bits per heavy atom. The van der Waals surface area contributed by atoms with Crippen LogP contribution in [0.15, 0.2) is 0 Å². The molecule has 0 aliphatic carbocycles. The second-order valence-corrected chi connectivity index (χ2v) is 7.32. The number of carbonyl (C=O) groups is 2. The van der Waals surface area contributed by atoms with Crippen LogP contribution in [-0.2, 0) is 9.59 Å². The molecule has 0 heterocycles. The highest BCUT2D eigenvalue weighted by atomic mass is 33.5. The summed E-state index contributed by atoms with van der Waals surface area (Å²) in [6.07, 6.45) is 2.57. The number of nitrogens with two attached hydrogens (primary N) is 2. The molecule has 0 aromatic carbocycles. The summed E-state index contributed by atoms with van der Waals surface area (Å²) < 4.78 is 0. The fourth-order valence-corrected chi connectivity index (χ4v) is 4.60. The zero-order valence-electron chi connectivity index (χ0n) is 8.44. The molecule has 4 N–H and O–H groups in total. The van der Waals surface area contributed by atoms with Crippen molar-refractivity contribution in [2.45, 2.75) is 25.7 Å². The molecule has 0 atom stereocenters. The number of rotatable bonds is 10. The zero-order chi connectivity index (χ0) is 11.5. The van der Waals surface area contributed by atoms with Gasteiger partial charge in [-0.2, -0.15) is 0 Å². The molecule has 0 bridgehead atoms. The lowest BCUT2D eigenvalue weighted by molar-refractivity contribution is -0.118. The monoisotopic (exact) mass is 268 g/mol. The molecule has 0 rings (SSSR count). The van der Waals surface area contributed by atoms with Crippen molar-refractivity contribution in [3.63, 3.8) is 0 Å². The van der Waals surface area contributed by atoms with Crippen LogP contribution in [0.5, 0.6) is 0 Å². The Labute approximate surface area is 101 Å². The summed E-state index contributed by atoms with van der Waals surface area (Å²) in [5.41, 5.74) is 9.99. The molecule has 0 saturated heterocycles. The van der Waals surface area contributed by atoms with Crippen LogP contribution in [0, 0.1) is 0 Å². The van der Waals surface area contributed by atoms with Crippen molar-refractivity contribution in [2.75, 3.05) is 11.5 Å². The lowest BCUT2D eigenvalue weighted by Gasteiger charge is -1.99. The van der Waals surface area contributed by atoms with Crippen molar-refractivity contribution in [1.29, 1.82) is 0 Å². The molecule has 0 unspecified atom stereocenters. The standard InChI is InChI=1S/C8H16N2O2S3/c9-7(11)3-1-5-13-15-14-6-2-4-8(10)12/h1-6H2,(H2,9,11)(H2,10,12). The molecule has 0 aliphatic heterocycles. The Morgan fingerprint density at radius 1 is 0.867 bits per heavy atom. The van der Waals surface area contributed by atoms with Crippen molar-refractivity contribution in [3.05, 3.63) is 0 Å². The van der Waals surface area contributed by atoms with Gasteiger partial charge in [-0.05, 0) is 22.7 Å². The van der Waals surface area contributed by atoms with Gasteiger partial charge in [0.25, 0.3) is 0 Å². The van der Waals surface area contributed by atoms with Gasteiger partial charge >= 0.3 is 0 Å². The van der Waals surface area contributed by atoms with E-state index in [-0.39, 0.29) is 11.8 Å². The van der Waals surface area contributed by atoms with E-state index >= 15 is 0 Å². The third kappa shape index (κ3) is 14.0. The summed E-state index contributed by atoms with van der Waals surface area (Å²) in [5.74, 6) is 1.37. The van der Waals surface area contributed by atoms with Crippen LogP contribution in [0.1, 0.15) is 25.7 Å². The van der Waals surface area contributed by atoms with Gasteiger partial charge in [0.15, 0.2) is 0 Å². The predicted octanol–water partition coefficient (Wildman–Crippen LogP) is 1.55. The largest absolute Gasteiger partial charge is 0.370 e. The second kappa shape index (κ2) is 10.5. The topological polar surface area (TPSA) is 86.2 Å². The first-order chi connectivity index (χ1) is 7.13. The molecule has 88 valence electrons. The molecular weight excluding hydrogens is 252 g/mol. The summed E-state index contributed by atoms with van der Waals surface area (Å²) in [7, 11) is 5.11. The summed E-state index contributed by atoms with van der Waals surface area (Å²) in [6, 6.07) is 0. The molecule has 0 aliphatic rings. The lowest BCUT2D eigenvalue weighted by Crippen LogP contribution is -2.09. The Kier molecular flexibility index (Phi) is 10.5. The number of carbonyl (C=O) groups excluding carboxylic acids is 2. The Balaban J connectivity index is 2.99. The van der Waals surface area contributed by atoms with E-state index < -0.39 is 0 Å². The Bertz CT molecular complexity index is 182. The lowest BCUT2D eigenvalue weighted by atomic mass is 10.3. The van der Waals surface area contributed by atoms with Crippen LogP contribution in [-0.4, -0.2) is 23.3 Å². The van der Waals surface area contributed by atoms with E-state index in [1.807, 2.05) is 0 Å². The summed E-state index contributed by atoms with van der Waals surface area (Å²) >= 11 is 0. The molecule has 2 amide bonds. The molecule has 0 spiro atoms. The third-order valence-electron chi connectivity index (χ3n) is 1.40. The first-order valence-corrected chi connectivity index (χ1v) is 8.42. The average Bonchev–Trinajstić information content (AvgIpc) is 2.14. The number of amides is 2. The minimum absolute atomic E-state index is 0.241. The minimum atomic E-state index is -0.241. The smallest absolute Gasteiger partial charge is 0.217 e. The van der Waals surface area contributed by atoms with Crippen LogP contribution in [0.4, 0.5) is 0 Å². The fraction of sp³-hybridized carbons (Fsp3) is 0.750. The predicted molar refractivity (Wildman–Crippen MR) is 69.4 cm³/mol. The molecule has 0 aromatic rings. The van der Waals surface area contributed by atoms with E-state index in [9.17, 15) is 9.59 Å². The van der Waals surface area contributed by atoms with Crippen LogP contribution in [0.25, 0.3) is 0 Å². The molecule has 0 radical (unpaired) electrons. The molecule has 7 heteroatoms. The molecule has 0 fully saturated rings. The Morgan fingerprint density at radius 2 is 1.27 bits per heavy atom. The third-order valence-corrected chi connectivity index (χ3v) is 5.81. The summed E-state index contributed by atoms with van der Waals surface area (Å²) in [4.78, 5) is 20.8. The molecule has 0 saturated carbocycles. The van der Waals surface area contributed by atoms with E-state index in [1.165, 1.54) is 0 Å². The van der Waals surface area contributed by atoms with Gasteiger partial charge in [0.2, 0.25) is 11.8 Å². The highest BCUT2D eigenvalue weighted by molar-refractivity contribution is 9.09. The van der Waals surface area contributed by atoms with Crippen molar-refractivity contribution < 1.29 is 9.59 Å². The van der Waals surface area contributed by atoms with E-state index in [4.69, 9.17) is 11.5 Å². The maximum atomic E-state index is 10.4. The van der Waals surface area contributed by atoms with Crippen LogP contribution < -0.4 is 11.5 Å². The number of hydrogen-bond acceptors (Lipinski definition) is 5. The van der Waals surface area contributed by atoms with Gasteiger partial charge in [-0.1, -0.05) is 21.6 Å². The summed E-state index contributed by atoms with van der Waals surface area (Å²) in [5, 5.41) is 0. The normalized spacial score (nSPS) is 10.1. The summed E-state index contributed by atoms with van der Waals surface area (Å²) in [6.45, 7) is 0. The first kappa shape index (κ1) is 15.0. The van der Waals surface area contributed by atoms with Crippen LogP contribution >= 0.6 is 31.4 Å². The molecular formula is C8H16N2O2S3. The minimum Gasteiger partial charge on any atom is -0.370 e. The van der Waals surface area contributed by atoms with Gasteiger partial charge < -0.3 is 11.5 Å². The van der Waals surface area contributed by atoms with Crippen molar-refractivity contribution in [2.24, 2.45) is 11.5 Å². The van der Waals surface area contributed by atoms with Gasteiger partial charge in [-0.15, -0.1) is 0 Å². The second-order valence-electron chi connectivity index (χ2n) is 2.85. The number of hydrogen-bond donors (Lipinski definition) is 2. The van der Waals surface area contributed by atoms with Crippen LogP contribution in [0.3, 0.4) is 0 Å². The maximum Gasteiger partial charge on any atom is 0.217 e. The van der Waals surface area contributed by atoms with E-state index in [2.05, 4.69) is 0 Å². The van der Waals surface area contributed by atoms with Gasteiger partial charge in [-0.3, -0.25) is 9.59 Å². The van der Waals surface area contributed by atoms with Crippen molar-refractivity contribution in [3.8, 4) is 0 Å². The molecule has 4 nitrogen and oxygen atoms in total. The SMILES string of the molecule is NC(=O)CCCSSSCCCC(N)=O. The highest BCUT2D eigenvalue weighted by Gasteiger charge is 1.97. The van der Waals surface area contributed by atoms with E-state index in [0.29, 0.717) is 12.8 Å². The number of primary amides is 2. The van der Waals surface area contributed by atoms with Gasteiger partial charge in [0.1, 0.15) is 0 Å². The van der Waals surface area contributed by atoms with Gasteiger partial charge in [0.05, 0.1) is 0 Å². The van der Waals surface area contributed by atoms with Crippen molar-refractivity contribution in [1.82, 2.24) is 0 Å². The molecule has 0 aromatic heterocycles. The van der Waals surface area contributed by atoms with Gasteiger partial charge in [-0.25, -0.2) is 0 Å². The van der Waals surface area contributed by atoms with E-state index in [0.717, 1.165) is 24.3 Å². The Hall–Kier alpha value is -0.0100. The first-order valence-electron chi connectivity index (χ1n) is 4.60. The maximum absolute atomic E-state index is 10.4.